The highest BCUT2D eigenvalue weighted by molar-refractivity contribution is 5.80. The predicted octanol–water partition coefficient (Wildman–Crippen LogP) is 1.66. The van der Waals surface area contributed by atoms with Gasteiger partial charge in [-0.1, -0.05) is 0 Å². The van der Waals surface area contributed by atoms with Crippen LogP contribution in [0.25, 0.3) is 0 Å². The minimum absolute atomic E-state index is 0.208. The molecule has 3 aliphatic heterocycles. The number of hydrogen-bond donors (Lipinski definition) is 1. The van der Waals surface area contributed by atoms with Crippen molar-refractivity contribution >= 4 is 11.7 Å². The molecule has 6 nitrogen and oxygen atoms in total. The second-order valence-electron chi connectivity index (χ2n) is 7.41. The van der Waals surface area contributed by atoms with Gasteiger partial charge in [-0.2, -0.15) is 0 Å². The summed E-state index contributed by atoms with van der Waals surface area (Å²) in [5.74, 6) is 2.37. The van der Waals surface area contributed by atoms with Crippen LogP contribution in [0.2, 0.25) is 0 Å². The zero-order chi connectivity index (χ0) is 17.1. The van der Waals surface area contributed by atoms with E-state index in [1.54, 1.807) is 0 Å². The van der Waals surface area contributed by atoms with Crippen LogP contribution in [-0.4, -0.2) is 61.2 Å². The lowest BCUT2D eigenvalue weighted by Crippen LogP contribution is -2.29. The second kappa shape index (κ2) is 7.60. The molecule has 0 saturated carbocycles. The van der Waals surface area contributed by atoms with E-state index >= 15 is 0 Å². The number of carbonyl (C=O) groups is 1. The first-order chi connectivity index (χ1) is 12.3. The summed E-state index contributed by atoms with van der Waals surface area (Å²) in [5, 5.41) is 2.93. The first-order valence-electron chi connectivity index (χ1n) is 9.66. The van der Waals surface area contributed by atoms with Crippen molar-refractivity contribution in [2.24, 2.45) is 5.92 Å². The Labute approximate surface area is 149 Å². The zero-order valence-electron chi connectivity index (χ0n) is 14.8. The van der Waals surface area contributed by atoms with Crippen LogP contribution in [0.15, 0.2) is 18.3 Å². The van der Waals surface area contributed by atoms with Crippen LogP contribution < -0.4 is 15.0 Å². The molecule has 2 atom stereocenters. The van der Waals surface area contributed by atoms with Crippen LogP contribution in [0.4, 0.5) is 5.82 Å². The van der Waals surface area contributed by atoms with Crippen molar-refractivity contribution in [1.82, 2.24) is 15.2 Å². The van der Waals surface area contributed by atoms with E-state index in [-0.39, 0.29) is 17.9 Å². The Hall–Kier alpha value is -1.82. The van der Waals surface area contributed by atoms with Gasteiger partial charge in [0.05, 0.1) is 0 Å². The normalized spacial score (nSPS) is 27.0. The molecule has 0 bridgehead atoms. The van der Waals surface area contributed by atoms with E-state index in [9.17, 15) is 4.79 Å². The molecular weight excluding hydrogens is 316 g/mol. The number of hydrogen-bond acceptors (Lipinski definition) is 5. The number of anilines is 1. The molecule has 0 radical (unpaired) electrons. The molecule has 0 aromatic carbocycles. The lowest BCUT2D eigenvalue weighted by molar-refractivity contribution is -0.122. The van der Waals surface area contributed by atoms with Gasteiger partial charge in [-0.15, -0.1) is 0 Å². The highest BCUT2D eigenvalue weighted by Gasteiger charge is 2.29. The number of pyridine rings is 1. The molecule has 0 aliphatic carbocycles. The lowest BCUT2D eigenvalue weighted by Gasteiger charge is -2.22. The summed E-state index contributed by atoms with van der Waals surface area (Å²) in [6.07, 6.45) is 7.55. The van der Waals surface area contributed by atoms with Gasteiger partial charge in [0.2, 0.25) is 5.91 Å². The number of carbonyl (C=O) groups excluding carboxylic acids is 1. The number of amides is 1. The molecule has 4 heterocycles. The molecule has 1 aromatic rings. The first kappa shape index (κ1) is 16.6. The molecule has 0 unspecified atom stereocenters. The van der Waals surface area contributed by atoms with Crippen LogP contribution in [0.5, 0.6) is 5.75 Å². The standard InChI is InChI=1S/C19H28N4O2/c24-19-15(5-9-21-19)6-12-22-13-7-16(14-22)25-17-4-3-8-20-18(17)23-10-1-2-11-23/h3-4,8,15-16H,1-2,5-7,9-14H2,(H,21,24)/t15-,16-/m1/s1. The van der Waals surface area contributed by atoms with Crippen LogP contribution >= 0.6 is 0 Å². The third kappa shape index (κ3) is 3.89. The first-order valence-corrected chi connectivity index (χ1v) is 9.66. The average Bonchev–Trinajstić information content (AvgIpc) is 3.36. The number of nitrogens with zero attached hydrogens (tertiary/aromatic N) is 3. The molecule has 3 aliphatic rings. The van der Waals surface area contributed by atoms with Gasteiger partial charge in [0.15, 0.2) is 11.6 Å². The molecule has 136 valence electrons. The van der Waals surface area contributed by atoms with Gasteiger partial charge >= 0.3 is 0 Å². The Bertz CT molecular complexity index is 603. The SMILES string of the molecule is O=C1NCC[C@@H]1CCN1CC[C@@H](Oc2cccnc2N2CCCC2)C1. The Morgan fingerprint density at radius 3 is 2.92 bits per heavy atom. The van der Waals surface area contributed by atoms with Gasteiger partial charge in [-0.05, 0) is 50.8 Å². The van der Waals surface area contributed by atoms with Crippen molar-refractivity contribution in [3.63, 3.8) is 0 Å². The van der Waals surface area contributed by atoms with E-state index in [1.165, 1.54) is 12.8 Å². The predicted molar refractivity (Wildman–Crippen MR) is 96.9 cm³/mol. The monoisotopic (exact) mass is 344 g/mol. The van der Waals surface area contributed by atoms with Crippen LogP contribution in [-0.2, 0) is 4.79 Å². The molecule has 6 heteroatoms. The molecule has 1 amide bonds. The largest absolute Gasteiger partial charge is 0.485 e. The lowest BCUT2D eigenvalue weighted by atomic mass is 10.0. The van der Waals surface area contributed by atoms with Gasteiger partial charge in [0.1, 0.15) is 6.10 Å². The van der Waals surface area contributed by atoms with Crippen molar-refractivity contribution in [2.45, 2.75) is 38.2 Å². The van der Waals surface area contributed by atoms with Crippen molar-refractivity contribution in [3.05, 3.63) is 18.3 Å². The maximum Gasteiger partial charge on any atom is 0.223 e. The van der Waals surface area contributed by atoms with E-state index in [2.05, 4.69) is 20.1 Å². The highest BCUT2D eigenvalue weighted by Crippen LogP contribution is 2.30. The molecule has 1 N–H and O–H groups in total. The third-order valence-corrected chi connectivity index (χ3v) is 5.64. The Morgan fingerprint density at radius 1 is 1.24 bits per heavy atom. The third-order valence-electron chi connectivity index (χ3n) is 5.64. The Morgan fingerprint density at radius 2 is 2.12 bits per heavy atom. The summed E-state index contributed by atoms with van der Waals surface area (Å²) < 4.78 is 6.32. The Balaban J connectivity index is 1.30. The quantitative estimate of drug-likeness (QED) is 0.851. The summed E-state index contributed by atoms with van der Waals surface area (Å²) in [5.41, 5.74) is 0. The maximum absolute atomic E-state index is 11.7. The van der Waals surface area contributed by atoms with Crippen LogP contribution in [0.1, 0.15) is 32.1 Å². The molecule has 25 heavy (non-hydrogen) atoms. The number of likely N-dealkylation sites (tertiary alicyclic amines) is 1. The van der Waals surface area contributed by atoms with Crippen molar-refractivity contribution in [3.8, 4) is 5.75 Å². The number of ether oxygens (including phenoxy) is 1. The van der Waals surface area contributed by atoms with E-state index in [0.717, 1.165) is 70.1 Å². The topological polar surface area (TPSA) is 57.7 Å². The number of nitrogens with one attached hydrogen (secondary N) is 1. The molecule has 4 rings (SSSR count). The fraction of sp³-hybridized carbons (Fsp3) is 0.684. The van der Waals surface area contributed by atoms with Crippen molar-refractivity contribution < 1.29 is 9.53 Å². The summed E-state index contributed by atoms with van der Waals surface area (Å²) in [4.78, 5) is 21.0. The fourth-order valence-corrected chi connectivity index (χ4v) is 4.18. The van der Waals surface area contributed by atoms with Gasteiger partial charge in [0, 0.05) is 44.8 Å². The Kier molecular flexibility index (Phi) is 5.06. The molecular formula is C19H28N4O2. The van der Waals surface area contributed by atoms with E-state index in [1.807, 2.05) is 18.3 Å². The fourth-order valence-electron chi connectivity index (χ4n) is 4.18. The van der Waals surface area contributed by atoms with Gasteiger partial charge in [-0.25, -0.2) is 4.98 Å². The van der Waals surface area contributed by atoms with Gasteiger partial charge < -0.3 is 15.0 Å². The van der Waals surface area contributed by atoms with Crippen LogP contribution in [0.3, 0.4) is 0 Å². The van der Waals surface area contributed by atoms with E-state index in [4.69, 9.17) is 4.74 Å². The van der Waals surface area contributed by atoms with E-state index < -0.39 is 0 Å². The molecule has 3 fully saturated rings. The second-order valence-corrected chi connectivity index (χ2v) is 7.41. The summed E-state index contributed by atoms with van der Waals surface area (Å²) >= 11 is 0. The zero-order valence-corrected chi connectivity index (χ0v) is 14.8. The number of aromatic nitrogens is 1. The van der Waals surface area contributed by atoms with Crippen LogP contribution in [0, 0.1) is 5.92 Å². The smallest absolute Gasteiger partial charge is 0.223 e. The van der Waals surface area contributed by atoms with Gasteiger partial charge in [-0.3, -0.25) is 9.69 Å². The number of rotatable bonds is 6. The summed E-state index contributed by atoms with van der Waals surface area (Å²) in [6, 6.07) is 4.01. The molecule has 0 spiro atoms. The summed E-state index contributed by atoms with van der Waals surface area (Å²) in [7, 11) is 0. The highest BCUT2D eigenvalue weighted by atomic mass is 16.5. The van der Waals surface area contributed by atoms with Gasteiger partial charge in [0.25, 0.3) is 0 Å². The summed E-state index contributed by atoms with van der Waals surface area (Å²) in [6.45, 7) is 5.99. The average molecular weight is 344 g/mol. The van der Waals surface area contributed by atoms with Crippen molar-refractivity contribution in [2.75, 3.05) is 44.2 Å². The molecule has 3 saturated heterocycles. The van der Waals surface area contributed by atoms with Crippen molar-refractivity contribution in [1.29, 1.82) is 0 Å². The molecule has 1 aromatic heterocycles. The minimum atomic E-state index is 0.208. The minimum Gasteiger partial charge on any atom is -0.485 e. The van der Waals surface area contributed by atoms with E-state index in [0.29, 0.717) is 0 Å². The maximum atomic E-state index is 11.7.